The van der Waals surface area contributed by atoms with Crippen LogP contribution in [0.4, 0.5) is 0 Å². The molecule has 1 aromatic heterocycles. The monoisotopic (exact) mass is 447 g/mol. The maximum atomic E-state index is 13.3. The van der Waals surface area contributed by atoms with Crippen molar-refractivity contribution in [3.8, 4) is 11.4 Å². The number of amides is 1. The van der Waals surface area contributed by atoms with E-state index in [0.29, 0.717) is 17.9 Å². The van der Waals surface area contributed by atoms with Crippen molar-refractivity contribution in [2.45, 2.75) is 26.3 Å². The van der Waals surface area contributed by atoms with E-state index in [0.717, 1.165) is 30.9 Å². The van der Waals surface area contributed by atoms with E-state index in [1.54, 1.807) is 0 Å². The molecule has 3 aromatic rings. The molecule has 0 spiro atoms. The average molecular weight is 448 g/mol. The Morgan fingerprint density at radius 3 is 2.60 bits per heavy atom. The SMILES string of the molecule is CCc1ccc(C2CNCCN2C(=O)c2cccc(-c3n[nH]c(C)n3)c2)cc1.Cl.Cl. The number of H-pyrrole nitrogens is 1. The predicted molar refractivity (Wildman–Crippen MR) is 124 cm³/mol. The molecule has 0 saturated carbocycles. The number of halogens is 2. The lowest BCUT2D eigenvalue weighted by atomic mass is 9.99. The van der Waals surface area contributed by atoms with Crippen molar-refractivity contribution in [1.29, 1.82) is 0 Å². The van der Waals surface area contributed by atoms with Gasteiger partial charge in [0.05, 0.1) is 6.04 Å². The fourth-order valence-electron chi connectivity index (χ4n) is 3.65. The molecular weight excluding hydrogens is 421 g/mol. The highest BCUT2D eigenvalue weighted by Gasteiger charge is 2.28. The smallest absolute Gasteiger partial charge is 0.254 e. The van der Waals surface area contributed by atoms with Gasteiger partial charge in [0, 0.05) is 30.8 Å². The molecule has 30 heavy (non-hydrogen) atoms. The first-order chi connectivity index (χ1) is 13.7. The molecule has 0 aliphatic carbocycles. The van der Waals surface area contributed by atoms with Crippen LogP contribution in [0.15, 0.2) is 48.5 Å². The number of benzene rings is 2. The number of aromatic nitrogens is 3. The van der Waals surface area contributed by atoms with Crippen LogP contribution in [-0.4, -0.2) is 45.6 Å². The Kier molecular flexibility index (Phi) is 8.41. The standard InChI is InChI=1S/C22H25N5O.2ClH/c1-3-16-7-9-17(10-8-16)20-14-23-11-12-27(20)22(28)19-6-4-5-18(13-19)21-24-15(2)25-26-21;;/h4-10,13,20,23H,3,11-12,14H2,1-2H3,(H,24,25,26);2*1H. The summed E-state index contributed by atoms with van der Waals surface area (Å²) in [6.07, 6.45) is 1.01. The Labute approximate surface area is 189 Å². The lowest BCUT2D eigenvalue weighted by molar-refractivity contribution is 0.0634. The number of rotatable bonds is 4. The largest absolute Gasteiger partial charge is 0.329 e. The third-order valence-electron chi connectivity index (χ3n) is 5.24. The summed E-state index contributed by atoms with van der Waals surface area (Å²) in [6, 6.07) is 16.2. The summed E-state index contributed by atoms with van der Waals surface area (Å²) in [6.45, 7) is 6.26. The van der Waals surface area contributed by atoms with Crippen molar-refractivity contribution in [3.05, 3.63) is 71.0 Å². The molecule has 1 aliphatic heterocycles. The number of aromatic amines is 1. The summed E-state index contributed by atoms with van der Waals surface area (Å²) in [4.78, 5) is 19.7. The molecule has 1 atom stereocenters. The molecule has 1 saturated heterocycles. The summed E-state index contributed by atoms with van der Waals surface area (Å²) in [5.41, 5.74) is 3.98. The highest BCUT2D eigenvalue weighted by molar-refractivity contribution is 5.95. The van der Waals surface area contributed by atoms with Gasteiger partial charge in [0.2, 0.25) is 0 Å². The van der Waals surface area contributed by atoms with Crippen LogP contribution in [0.3, 0.4) is 0 Å². The zero-order valence-corrected chi connectivity index (χ0v) is 18.7. The van der Waals surface area contributed by atoms with Gasteiger partial charge >= 0.3 is 0 Å². The second kappa shape index (κ2) is 10.6. The van der Waals surface area contributed by atoms with E-state index in [1.165, 1.54) is 11.1 Å². The van der Waals surface area contributed by atoms with Crippen LogP contribution in [0, 0.1) is 6.92 Å². The number of aryl methyl sites for hydroxylation is 2. The maximum Gasteiger partial charge on any atom is 0.254 e. The minimum absolute atomic E-state index is 0. The molecule has 0 radical (unpaired) electrons. The van der Waals surface area contributed by atoms with Crippen molar-refractivity contribution in [1.82, 2.24) is 25.4 Å². The number of nitrogens with zero attached hydrogens (tertiary/aromatic N) is 3. The molecular formula is C22H27Cl2N5O. The second-order valence-electron chi connectivity index (χ2n) is 7.14. The Morgan fingerprint density at radius 2 is 1.93 bits per heavy atom. The van der Waals surface area contributed by atoms with E-state index in [-0.39, 0.29) is 36.8 Å². The van der Waals surface area contributed by atoms with Crippen molar-refractivity contribution in [2.24, 2.45) is 0 Å². The lowest BCUT2D eigenvalue weighted by Gasteiger charge is -2.36. The van der Waals surface area contributed by atoms with Gasteiger partial charge in [-0.15, -0.1) is 24.8 Å². The van der Waals surface area contributed by atoms with Crippen molar-refractivity contribution < 1.29 is 4.79 Å². The Balaban J connectivity index is 0.00000160. The van der Waals surface area contributed by atoms with E-state index in [9.17, 15) is 4.79 Å². The Morgan fingerprint density at radius 1 is 1.17 bits per heavy atom. The lowest BCUT2D eigenvalue weighted by Crippen LogP contribution is -2.48. The maximum absolute atomic E-state index is 13.3. The third-order valence-corrected chi connectivity index (χ3v) is 5.24. The van der Waals surface area contributed by atoms with E-state index < -0.39 is 0 Å². The van der Waals surface area contributed by atoms with Gasteiger partial charge in [0.15, 0.2) is 5.82 Å². The van der Waals surface area contributed by atoms with Gasteiger partial charge < -0.3 is 10.2 Å². The topological polar surface area (TPSA) is 73.9 Å². The third kappa shape index (κ3) is 5.01. The molecule has 8 heteroatoms. The number of hydrogen-bond acceptors (Lipinski definition) is 4. The summed E-state index contributed by atoms with van der Waals surface area (Å²) >= 11 is 0. The average Bonchev–Trinajstić information content (AvgIpc) is 3.20. The molecule has 2 aromatic carbocycles. The van der Waals surface area contributed by atoms with E-state index in [2.05, 4.69) is 51.7 Å². The van der Waals surface area contributed by atoms with Crippen molar-refractivity contribution in [3.63, 3.8) is 0 Å². The van der Waals surface area contributed by atoms with Crippen LogP contribution in [-0.2, 0) is 6.42 Å². The van der Waals surface area contributed by atoms with Gasteiger partial charge in [0.25, 0.3) is 5.91 Å². The minimum atomic E-state index is 0. The number of carbonyl (C=O) groups excluding carboxylic acids is 1. The predicted octanol–water partition coefficient (Wildman–Crippen LogP) is 3.97. The van der Waals surface area contributed by atoms with Gasteiger partial charge in [-0.1, -0.05) is 43.3 Å². The zero-order valence-electron chi connectivity index (χ0n) is 17.1. The molecule has 1 amide bonds. The first-order valence-electron chi connectivity index (χ1n) is 9.75. The number of hydrogen-bond donors (Lipinski definition) is 2. The van der Waals surface area contributed by atoms with Crippen LogP contribution < -0.4 is 5.32 Å². The highest BCUT2D eigenvalue weighted by atomic mass is 35.5. The van der Waals surface area contributed by atoms with Crippen molar-refractivity contribution in [2.75, 3.05) is 19.6 Å². The summed E-state index contributed by atoms with van der Waals surface area (Å²) in [5, 5.41) is 10.5. The normalized spacial score (nSPS) is 15.8. The van der Waals surface area contributed by atoms with E-state index in [1.807, 2.05) is 36.1 Å². The molecule has 1 fully saturated rings. The minimum Gasteiger partial charge on any atom is -0.329 e. The Bertz CT molecular complexity index is 974. The molecule has 1 aliphatic rings. The zero-order chi connectivity index (χ0) is 19.5. The van der Waals surface area contributed by atoms with Crippen LogP contribution >= 0.6 is 24.8 Å². The van der Waals surface area contributed by atoms with Crippen LogP contribution in [0.1, 0.15) is 40.3 Å². The molecule has 2 N–H and O–H groups in total. The first-order valence-corrected chi connectivity index (χ1v) is 9.75. The van der Waals surface area contributed by atoms with Crippen molar-refractivity contribution >= 4 is 30.7 Å². The highest BCUT2D eigenvalue weighted by Crippen LogP contribution is 2.26. The van der Waals surface area contributed by atoms with Crippen LogP contribution in [0.2, 0.25) is 0 Å². The van der Waals surface area contributed by atoms with Crippen LogP contribution in [0.5, 0.6) is 0 Å². The Hall–Kier alpha value is -2.41. The molecule has 2 heterocycles. The van der Waals surface area contributed by atoms with Gasteiger partial charge in [0.1, 0.15) is 5.82 Å². The molecule has 160 valence electrons. The molecule has 0 bridgehead atoms. The molecule has 1 unspecified atom stereocenters. The van der Waals surface area contributed by atoms with Gasteiger partial charge in [-0.3, -0.25) is 9.89 Å². The fourth-order valence-corrected chi connectivity index (χ4v) is 3.65. The molecule has 4 rings (SSSR count). The number of nitrogens with one attached hydrogen (secondary N) is 2. The summed E-state index contributed by atoms with van der Waals surface area (Å²) < 4.78 is 0. The summed E-state index contributed by atoms with van der Waals surface area (Å²) in [7, 11) is 0. The van der Waals surface area contributed by atoms with Gasteiger partial charge in [-0.2, -0.15) is 5.10 Å². The molecule has 6 nitrogen and oxygen atoms in total. The van der Waals surface area contributed by atoms with E-state index >= 15 is 0 Å². The van der Waals surface area contributed by atoms with E-state index in [4.69, 9.17) is 0 Å². The number of piperazine rings is 1. The number of carbonyl (C=O) groups is 1. The quantitative estimate of drug-likeness (QED) is 0.634. The second-order valence-corrected chi connectivity index (χ2v) is 7.14. The fraction of sp³-hybridized carbons (Fsp3) is 0.318. The first kappa shape index (κ1) is 23.9. The van der Waals surface area contributed by atoms with Gasteiger partial charge in [-0.25, -0.2) is 4.98 Å². The summed E-state index contributed by atoms with van der Waals surface area (Å²) in [5.74, 6) is 1.41. The van der Waals surface area contributed by atoms with Crippen LogP contribution in [0.25, 0.3) is 11.4 Å². The van der Waals surface area contributed by atoms with Gasteiger partial charge in [-0.05, 0) is 36.6 Å².